The number of rotatable bonds is 2. The predicted octanol–water partition coefficient (Wildman–Crippen LogP) is 1.25. The van der Waals surface area contributed by atoms with E-state index in [1.54, 1.807) is 12.3 Å². The number of nitrogens with zero attached hydrogens (tertiary/aromatic N) is 1. The molecule has 0 spiro atoms. The molecule has 0 saturated carbocycles. The van der Waals surface area contributed by atoms with E-state index in [1.165, 1.54) is 18.7 Å². The number of amides is 1. The van der Waals surface area contributed by atoms with E-state index in [0.717, 1.165) is 0 Å². The van der Waals surface area contributed by atoms with Crippen LogP contribution in [0.4, 0.5) is 5.69 Å². The Labute approximate surface area is 73.8 Å². The Hall–Kier alpha value is -2.04. The zero-order chi connectivity index (χ0) is 9.10. The van der Waals surface area contributed by atoms with Crippen LogP contribution in [0.2, 0.25) is 0 Å². The molecule has 2 N–H and O–H groups in total. The summed E-state index contributed by atoms with van der Waals surface area (Å²) in [5, 5.41) is 8.92. The van der Waals surface area contributed by atoms with Crippen molar-refractivity contribution in [1.82, 2.24) is 10.2 Å². The van der Waals surface area contributed by atoms with Crippen molar-refractivity contribution in [3.63, 3.8) is 0 Å². The highest BCUT2D eigenvalue weighted by Gasteiger charge is 2.06. The zero-order valence-electron chi connectivity index (χ0n) is 6.65. The summed E-state index contributed by atoms with van der Waals surface area (Å²) < 4.78 is 4.77. The van der Waals surface area contributed by atoms with Crippen LogP contribution in [0.25, 0.3) is 0 Å². The van der Waals surface area contributed by atoms with E-state index in [1.807, 2.05) is 0 Å². The molecule has 0 bridgehead atoms. The van der Waals surface area contributed by atoms with Crippen LogP contribution in [0.5, 0.6) is 0 Å². The van der Waals surface area contributed by atoms with Crippen LogP contribution in [0, 0.1) is 0 Å². The van der Waals surface area contributed by atoms with Crippen molar-refractivity contribution >= 4 is 11.6 Å². The SMILES string of the molecule is O=C(Nc1cn[nH]c1)c1ccoc1. The van der Waals surface area contributed by atoms with E-state index in [0.29, 0.717) is 11.3 Å². The number of hydrogen-bond acceptors (Lipinski definition) is 3. The molecule has 2 aromatic heterocycles. The number of H-pyrrole nitrogens is 1. The van der Waals surface area contributed by atoms with Crippen LogP contribution in [0.1, 0.15) is 10.4 Å². The first-order valence-corrected chi connectivity index (χ1v) is 3.68. The van der Waals surface area contributed by atoms with Gasteiger partial charge in [0, 0.05) is 6.20 Å². The molecule has 0 fully saturated rings. The van der Waals surface area contributed by atoms with Crippen LogP contribution in [0.3, 0.4) is 0 Å². The van der Waals surface area contributed by atoms with Gasteiger partial charge in [0.05, 0.1) is 23.7 Å². The van der Waals surface area contributed by atoms with Crippen LogP contribution in [-0.2, 0) is 0 Å². The molecule has 2 rings (SSSR count). The van der Waals surface area contributed by atoms with Crippen molar-refractivity contribution in [1.29, 1.82) is 0 Å². The zero-order valence-corrected chi connectivity index (χ0v) is 6.65. The molecule has 66 valence electrons. The summed E-state index contributed by atoms with van der Waals surface area (Å²) in [5.41, 5.74) is 1.12. The number of furan rings is 1. The molecular formula is C8H7N3O2. The minimum atomic E-state index is -0.213. The summed E-state index contributed by atoms with van der Waals surface area (Å²) in [6, 6.07) is 1.59. The maximum atomic E-state index is 11.4. The van der Waals surface area contributed by atoms with Crippen molar-refractivity contribution in [2.75, 3.05) is 5.32 Å². The number of aromatic nitrogens is 2. The summed E-state index contributed by atoms with van der Waals surface area (Å²) in [6.07, 6.45) is 5.95. The number of nitrogens with one attached hydrogen (secondary N) is 2. The summed E-state index contributed by atoms with van der Waals surface area (Å²) >= 11 is 0. The average molecular weight is 177 g/mol. The predicted molar refractivity (Wildman–Crippen MR) is 45.2 cm³/mol. The fourth-order valence-corrected chi connectivity index (χ4v) is 0.916. The fourth-order valence-electron chi connectivity index (χ4n) is 0.916. The lowest BCUT2D eigenvalue weighted by atomic mass is 10.3. The Morgan fingerprint density at radius 2 is 2.54 bits per heavy atom. The lowest BCUT2D eigenvalue weighted by Gasteiger charge is -1.96. The minimum Gasteiger partial charge on any atom is -0.472 e. The van der Waals surface area contributed by atoms with Crippen molar-refractivity contribution in [2.24, 2.45) is 0 Å². The van der Waals surface area contributed by atoms with Gasteiger partial charge in [-0.2, -0.15) is 5.10 Å². The van der Waals surface area contributed by atoms with Gasteiger partial charge >= 0.3 is 0 Å². The molecule has 0 aliphatic rings. The van der Waals surface area contributed by atoms with E-state index in [-0.39, 0.29) is 5.91 Å². The second-order valence-corrected chi connectivity index (χ2v) is 2.45. The highest BCUT2D eigenvalue weighted by molar-refractivity contribution is 6.03. The fraction of sp³-hybridized carbons (Fsp3) is 0. The van der Waals surface area contributed by atoms with Gasteiger partial charge in [-0.15, -0.1) is 0 Å². The molecule has 5 heteroatoms. The highest BCUT2D eigenvalue weighted by atomic mass is 16.3. The standard InChI is InChI=1S/C8H7N3O2/c12-8(6-1-2-13-5-6)11-7-3-9-10-4-7/h1-5H,(H,9,10)(H,11,12). The first kappa shape index (κ1) is 7.60. The van der Waals surface area contributed by atoms with Gasteiger partial charge in [-0.1, -0.05) is 0 Å². The van der Waals surface area contributed by atoms with E-state index in [2.05, 4.69) is 15.5 Å². The molecule has 0 radical (unpaired) electrons. The van der Waals surface area contributed by atoms with Crippen LogP contribution < -0.4 is 5.32 Å². The molecule has 1 amide bonds. The third-order valence-electron chi connectivity index (χ3n) is 1.54. The second-order valence-electron chi connectivity index (χ2n) is 2.45. The van der Waals surface area contributed by atoms with Crippen molar-refractivity contribution in [3.8, 4) is 0 Å². The van der Waals surface area contributed by atoms with E-state index in [4.69, 9.17) is 4.42 Å². The molecule has 13 heavy (non-hydrogen) atoms. The van der Waals surface area contributed by atoms with Crippen molar-refractivity contribution < 1.29 is 9.21 Å². The topological polar surface area (TPSA) is 70.9 Å². The first-order chi connectivity index (χ1) is 6.36. The number of carbonyl (C=O) groups excluding carboxylic acids is 1. The smallest absolute Gasteiger partial charge is 0.259 e. The van der Waals surface area contributed by atoms with Crippen molar-refractivity contribution in [3.05, 3.63) is 36.5 Å². The van der Waals surface area contributed by atoms with Crippen LogP contribution in [-0.4, -0.2) is 16.1 Å². The third kappa shape index (κ3) is 1.58. The summed E-state index contributed by atoms with van der Waals surface area (Å²) in [5.74, 6) is -0.213. The summed E-state index contributed by atoms with van der Waals surface area (Å²) in [6.45, 7) is 0. The molecule has 0 saturated heterocycles. The number of carbonyl (C=O) groups is 1. The van der Waals surface area contributed by atoms with Gasteiger partial charge in [0.25, 0.3) is 5.91 Å². The second kappa shape index (κ2) is 3.14. The highest BCUT2D eigenvalue weighted by Crippen LogP contribution is 2.06. The summed E-state index contributed by atoms with van der Waals surface area (Å²) in [7, 11) is 0. The van der Waals surface area contributed by atoms with Gasteiger partial charge in [0.2, 0.25) is 0 Å². The summed E-state index contributed by atoms with van der Waals surface area (Å²) in [4.78, 5) is 11.4. The Kier molecular flexibility index (Phi) is 1.84. The number of aromatic amines is 1. The monoisotopic (exact) mass is 177 g/mol. The Balaban J connectivity index is 2.08. The maximum Gasteiger partial charge on any atom is 0.259 e. The molecule has 0 aromatic carbocycles. The van der Waals surface area contributed by atoms with E-state index in [9.17, 15) is 4.79 Å². The van der Waals surface area contributed by atoms with E-state index >= 15 is 0 Å². The van der Waals surface area contributed by atoms with Gasteiger partial charge < -0.3 is 9.73 Å². The Morgan fingerprint density at radius 1 is 1.62 bits per heavy atom. The maximum absolute atomic E-state index is 11.4. The number of hydrogen-bond donors (Lipinski definition) is 2. The average Bonchev–Trinajstić information content (AvgIpc) is 2.74. The van der Waals surface area contributed by atoms with Gasteiger partial charge in [0.1, 0.15) is 6.26 Å². The number of anilines is 1. The van der Waals surface area contributed by atoms with Gasteiger partial charge in [-0.3, -0.25) is 9.89 Å². The molecule has 0 aliphatic carbocycles. The van der Waals surface area contributed by atoms with E-state index < -0.39 is 0 Å². The van der Waals surface area contributed by atoms with Crippen LogP contribution in [0.15, 0.2) is 35.4 Å². The first-order valence-electron chi connectivity index (χ1n) is 3.68. The van der Waals surface area contributed by atoms with Crippen molar-refractivity contribution in [2.45, 2.75) is 0 Å². The molecule has 0 aliphatic heterocycles. The molecule has 2 heterocycles. The Morgan fingerprint density at radius 3 is 3.15 bits per heavy atom. The molecule has 0 unspecified atom stereocenters. The van der Waals surface area contributed by atoms with Gasteiger partial charge in [0.15, 0.2) is 0 Å². The lowest BCUT2D eigenvalue weighted by Crippen LogP contribution is -2.09. The quantitative estimate of drug-likeness (QED) is 0.725. The third-order valence-corrected chi connectivity index (χ3v) is 1.54. The lowest BCUT2D eigenvalue weighted by molar-refractivity contribution is 0.102. The largest absolute Gasteiger partial charge is 0.472 e. The van der Waals surface area contributed by atoms with Gasteiger partial charge in [-0.25, -0.2) is 0 Å². The normalized spacial score (nSPS) is 9.85. The van der Waals surface area contributed by atoms with Crippen LogP contribution >= 0.6 is 0 Å². The molecule has 0 atom stereocenters. The Bertz CT molecular complexity index is 377. The molecule has 5 nitrogen and oxygen atoms in total. The molecular weight excluding hydrogens is 170 g/mol. The molecule has 2 aromatic rings. The van der Waals surface area contributed by atoms with Gasteiger partial charge in [-0.05, 0) is 6.07 Å². The minimum absolute atomic E-state index is 0.213.